The first-order valence-electron chi connectivity index (χ1n) is 5.85. The van der Waals surface area contributed by atoms with Crippen molar-refractivity contribution in [3.05, 3.63) is 24.3 Å². The molecule has 0 aromatic heterocycles. The first-order chi connectivity index (χ1) is 9.32. The van der Waals surface area contributed by atoms with Gasteiger partial charge >= 0.3 is 0 Å². The van der Waals surface area contributed by atoms with E-state index in [1.807, 2.05) is 0 Å². The number of rotatable bonds is 5. The SMILES string of the molecule is O=CNc1ccc(NS(=O)(=O)[C@H]2CCS(=O)(=O)C2)cc1. The van der Waals surface area contributed by atoms with E-state index in [0.29, 0.717) is 17.8 Å². The Balaban J connectivity index is 2.10. The summed E-state index contributed by atoms with van der Waals surface area (Å²) in [4.78, 5) is 10.2. The van der Waals surface area contributed by atoms with E-state index >= 15 is 0 Å². The van der Waals surface area contributed by atoms with E-state index in [2.05, 4.69) is 10.0 Å². The number of carbonyl (C=O) groups excluding carboxylic acids is 1. The van der Waals surface area contributed by atoms with Crippen molar-refractivity contribution in [3.8, 4) is 0 Å². The summed E-state index contributed by atoms with van der Waals surface area (Å²) in [6.07, 6.45) is 0.630. The predicted octanol–water partition coefficient (Wildman–Crippen LogP) is 0.184. The molecule has 20 heavy (non-hydrogen) atoms. The van der Waals surface area contributed by atoms with Crippen molar-refractivity contribution in [1.82, 2.24) is 0 Å². The van der Waals surface area contributed by atoms with Gasteiger partial charge in [0.1, 0.15) is 0 Å². The van der Waals surface area contributed by atoms with Gasteiger partial charge in [0.2, 0.25) is 16.4 Å². The number of sulfone groups is 1. The highest BCUT2D eigenvalue weighted by molar-refractivity contribution is 7.97. The second kappa shape index (κ2) is 5.41. The fourth-order valence-corrected chi connectivity index (χ4v) is 6.05. The summed E-state index contributed by atoms with van der Waals surface area (Å²) >= 11 is 0. The fourth-order valence-electron chi connectivity index (χ4n) is 1.96. The lowest BCUT2D eigenvalue weighted by atomic mass is 10.3. The van der Waals surface area contributed by atoms with E-state index in [4.69, 9.17) is 0 Å². The molecule has 0 spiro atoms. The molecule has 1 atom stereocenters. The van der Waals surface area contributed by atoms with Crippen LogP contribution in [0.2, 0.25) is 0 Å². The Hall–Kier alpha value is -1.61. The topological polar surface area (TPSA) is 109 Å². The second-order valence-corrected chi connectivity index (χ2v) is 8.70. The minimum absolute atomic E-state index is 0.0965. The third-order valence-corrected chi connectivity index (χ3v) is 6.78. The van der Waals surface area contributed by atoms with Gasteiger partial charge in [0.05, 0.1) is 16.8 Å². The minimum atomic E-state index is -3.73. The summed E-state index contributed by atoms with van der Waals surface area (Å²) in [7, 11) is -6.98. The molecule has 1 amide bonds. The summed E-state index contributed by atoms with van der Waals surface area (Å²) < 4.78 is 49.1. The highest BCUT2D eigenvalue weighted by Crippen LogP contribution is 2.22. The number of nitrogens with one attached hydrogen (secondary N) is 2. The van der Waals surface area contributed by atoms with Gasteiger partial charge in [0.15, 0.2) is 9.84 Å². The van der Waals surface area contributed by atoms with Gasteiger partial charge in [-0.15, -0.1) is 0 Å². The molecular weight excluding hydrogens is 304 g/mol. The predicted molar refractivity (Wildman–Crippen MR) is 75.7 cm³/mol. The Morgan fingerprint density at radius 2 is 1.75 bits per heavy atom. The largest absolute Gasteiger partial charge is 0.329 e. The van der Waals surface area contributed by atoms with Gasteiger partial charge < -0.3 is 5.32 Å². The van der Waals surface area contributed by atoms with Gasteiger partial charge in [0.25, 0.3) is 0 Å². The Labute approximate surface area is 117 Å². The van der Waals surface area contributed by atoms with Crippen LogP contribution in [0.5, 0.6) is 0 Å². The molecule has 0 saturated carbocycles. The number of carbonyl (C=O) groups is 1. The molecule has 1 aliphatic rings. The average molecular weight is 318 g/mol. The molecule has 0 radical (unpaired) electrons. The van der Waals surface area contributed by atoms with E-state index in [1.54, 1.807) is 0 Å². The van der Waals surface area contributed by atoms with Crippen LogP contribution in [0.4, 0.5) is 11.4 Å². The summed E-state index contributed by atoms with van der Waals surface area (Å²) in [5.41, 5.74) is 0.858. The molecule has 7 nitrogen and oxygen atoms in total. The minimum Gasteiger partial charge on any atom is -0.329 e. The molecule has 0 aliphatic carbocycles. The number of hydrogen-bond donors (Lipinski definition) is 2. The number of benzene rings is 1. The smallest absolute Gasteiger partial charge is 0.236 e. The number of anilines is 2. The lowest BCUT2D eigenvalue weighted by Gasteiger charge is -2.12. The van der Waals surface area contributed by atoms with Crippen LogP contribution in [0.15, 0.2) is 24.3 Å². The van der Waals surface area contributed by atoms with Crippen molar-refractivity contribution in [2.75, 3.05) is 21.5 Å². The maximum absolute atomic E-state index is 12.1. The molecule has 9 heteroatoms. The van der Waals surface area contributed by atoms with Crippen LogP contribution in [0, 0.1) is 0 Å². The summed E-state index contributed by atoms with van der Waals surface area (Å²) in [6, 6.07) is 6.06. The highest BCUT2D eigenvalue weighted by Gasteiger charge is 2.37. The van der Waals surface area contributed by atoms with E-state index < -0.39 is 25.1 Å². The van der Waals surface area contributed by atoms with E-state index in [1.165, 1.54) is 24.3 Å². The van der Waals surface area contributed by atoms with Crippen molar-refractivity contribution in [2.45, 2.75) is 11.7 Å². The van der Waals surface area contributed by atoms with Crippen LogP contribution in [0.25, 0.3) is 0 Å². The van der Waals surface area contributed by atoms with Crippen molar-refractivity contribution in [2.24, 2.45) is 0 Å². The van der Waals surface area contributed by atoms with Crippen molar-refractivity contribution in [1.29, 1.82) is 0 Å². The van der Waals surface area contributed by atoms with Gasteiger partial charge in [-0.05, 0) is 30.7 Å². The van der Waals surface area contributed by atoms with Gasteiger partial charge in [-0.1, -0.05) is 0 Å². The maximum atomic E-state index is 12.1. The normalized spacial score (nSPS) is 21.3. The Kier molecular flexibility index (Phi) is 4.00. The molecule has 1 aliphatic heterocycles. The van der Waals surface area contributed by atoms with E-state index in [9.17, 15) is 21.6 Å². The first-order valence-corrected chi connectivity index (χ1v) is 9.21. The maximum Gasteiger partial charge on any atom is 0.236 e. The van der Waals surface area contributed by atoms with Gasteiger partial charge in [-0.2, -0.15) is 0 Å². The van der Waals surface area contributed by atoms with Gasteiger partial charge in [-0.3, -0.25) is 9.52 Å². The van der Waals surface area contributed by atoms with E-state index in [-0.39, 0.29) is 17.9 Å². The Morgan fingerprint density at radius 1 is 1.15 bits per heavy atom. The van der Waals surface area contributed by atoms with E-state index in [0.717, 1.165) is 0 Å². The zero-order valence-electron chi connectivity index (χ0n) is 10.4. The van der Waals surface area contributed by atoms with Crippen molar-refractivity contribution < 1.29 is 21.6 Å². The molecular formula is C11H14N2O5S2. The van der Waals surface area contributed by atoms with Crippen molar-refractivity contribution >= 4 is 37.6 Å². The number of sulfonamides is 1. The molecule has 1 aromatic carbocycles. The lowest BCUT2D eigenvalue weighted by molar-refractivity contribution is -0.105. The quantitative estimate of drug-likeness (QED) is 0.753. The summed E-state index contributed by atoms with van der Waals surface area (Å²) in [5, 5.41) is 1.51. The Bertz CT molecular complexity index is 695. The average Bonchev–Trinajstić information content (AvgIpc) is 2.73. The molecule has 1 fully saturated rings. The van der Waals surface area contributed by atoms with Crippen LogP contribution in [0.3, 0.4) is 0 Å². The van der Waals surface area contributed by atoms with Crippen LogP contribution in [-0.2, 0) is 24.7 Å². The molecule has 2 N–H and O–H groups in total. The molecule has 2 rings (SSSR count). The zero-order chi connectivity index (χ0) is 14.8. The molecule has 0 bridgehead atoms. The lowest BCUT2D eigenvalue weighted by Crippen LogP contribution is -2.28. The molecule has 110 valence electrons. The van der Waals surface area contributed by atoms with Crippen LogP contribution >= 0.6 is 0 Å². The Morgan fingerprint density at radius 3 is 2.25 bits per heavy atom. The van der Waals surface area contributed by atoms with Crippen LogP contribution in [0.1, 0.15) is 6.42 Å². The van der Waals surface area contributed by atoms with Gasteiger partial charge in [-0.25, -0.2) is 16.8 Å². The summed E-state index contributed by atoms with van der Waals surface area (Å²) in [6.45, 7) is 0. The molecule has 1 aromatic rings. The number of amides is 1. The first kappa shape index (κ1) is 14.8. The standard InChI is InChI=1S/C11H14N2O5S2/c14-8-12-9-1-3-10(4-2-9)13-20(17,18)11-5-6-19(15,16)7-11/h1-4,8,11,13H,5-7H2,(H,12,14)/t11-/m0/s1. The van der Waals surface area contributed by atoms with Crippen LogP contribution < -0.4 is 10.0 Å². The molecule has 1 heterocycles. The monoisotopic (exact) mass is 318 g/mol. The second-order valence-electron chi connectivity index (χ2n) is 4.51. The van der Waals surface area contributed by atoms with Crippen LogP contribution in [-0.4, -0.2) is 40.0 Å². The third kappa shape index (κ3) is 3.48. The molecule has 1 saturated heterocycles. The zero-order valence-corrected chi connectivity index (χ0v) is 12.1. The number of hydrogen-bond acceptors (Lipinski definition) is 5. The van der Waals surface area contributed by atoms with Crippen molar-refractivity contribution in [3.63, 3.8) is 0 Å². The summed E-state index contributed by atoms with van der Waals surface area (Å²) in [5.74, 6) is -0.437. The highest BCUT2D eigenvalue weighted by atomic mass is 32.2. The third-order valence-electron chi connectivity index (χ3n) is 3.00. The van der Waals surface area contributed by atoms with Gasteiger partial charge in [0, 0.05) is 11.4 Å². The molecule has 0 unspecified atom stereocenters. The fraction of sp³-hybridized carbons (Fsp3) is 0.364.